The Morgan fingerprint density at radius 3 is 2.38 bits per heavy atom. The van der Waals surface area contributed by atoms with Gasteiger partial charge in [-0.1, -0.05) is 6.07 Å². The molecule has 1 saturated heterocycles. The third-order valence-corrected chi connectivity index (χ3v) is 7.62. The molecule has 0 aliphatic carbocycles. The molecule has 1 fully saturated rings. The van der Waals surface area contributed by atoms with Crippen LogP contribution in [0.1, 0.15) is 28.5 Å². The summed E-state index contributed by atoms with van der Waals surface area (Å²) in [7, 11) is -3.74. The molecule has 1 aliphatic heterocycles. The zero-order valence-electron chi connectivity index (χ0n) is 18.8. The van der Waals surface area contributed by atoms with Crippen LogP contribution in [0.15, 0.2) is 58.4 Å². The minimum absolute atomic E-state index is 0.0556. The zero-order valence-corrected chi connectivity index (χ0v) is 19.6. The van der Waals surface area contributed by atoms with Crippen molar-refractivity contribution in [2.45, 2.75) is 25.3 Å². The highest BCUT2D eigenvalue weighted by atomic mass is 32.2. The van der Waals surface area contributed by atoms with Gasteiger partial charge in [-0.15, -0.1) is 0 Å². The topological polar surface area (TPSA) is 118 Å². The fourth-order valence-electron chi connectivity index (χ4n) is 3.76. The number of aryl methyl sites for hydroxylation is 1. The Kier molecular flexibility index (Phi) is 6.49. The summed E-state index contributed by atoms with van der Waals surface area (Å²) in [5, 5.41) is 0. The van der Waals surface area contributed by atoms with E-state index in [1.807, 2.05) is 13.0 Å². The van der Waals surface area contributed by atoms with Gasteiger partial charge in [-0.2, -0.15) is 4.31 Å². The molecule has 34 heavy (non-hydrogen) atoms. The molecule has 1 amide bonds. The summed E-state index contributed by atoms with van der Waals surface area (Å²) >= 11 is 0. The highest BCUT2D eigenvalue weighted by Crippen LogP contribution is 2.19. The molecule has 0 atom stereocenters. The molecule has 3 heterocycles. The molecule has 3 aromatic rings. The molecule has 1 aliphatic rings. The zero-order chi connectivity index (χ0) is 24.5. The Labute approximate surface area is 196 Å². The number of esters is 1. The number of aromatic nitrogens is 2. The quantitative estimate of drug-likeness (QED) is 0.500. The first-order chi connectivity index (χ1) is 16.2. The van der Waals surface area contributed by atoms with Gasteiger partial charge in [0.25, 0.3) is 5.56 Å². The number of carbonyl (C=O) groups excluding carboxylic acids is 2. The monoisotopic (exact) mass is 484 g/mol. The molecule has 0 N–H and O–H groups in total. The molecule has 0 saturated carbocycles. The average molecular weight is 485 g/mol. The molecule has 11 heteroatoms. The van der Waals surface area contributed by atoms with Crippen molar-refractivity contribution in [2.24, 2.45) is 0 Å². The fraction of sp³-hybridized carbons (Fsp3) is 0.304. The Morgan fingerprint density at radius 1 is 1.06 bits per heavy atom. The number of ether oxygens (including phenoxy) is 1. The number of piperazine rings is 1. The molecule has 1 aromatic carbocycles. The number of amides is 1. The van der Waals surface area contributed by atoms with Crippen LogP contribution in [0, 0.1) is 6.92 Å². The van der Waals surface area contributed by atoms with Crippen molar-refractivity contribution < 1.29 is 22.7 Å². The minimum Gasteiger partial charge on any atom is -0.456 e. The van der Waals surface area contributed by atoms with E-state index in [4.69, 9.17) is 4.74 Å². The first kappa shape index (κ1) is 23.6. The van der Waals surface area contributed by atoms with Crippen molar-refractivity contribution in [2.75, 3.05) is 26.2 Å². The van der Waals surface area contributed by atoms with Crippen LogP contribution in [0.4, 0.5) is 0 Å². The minimum atomic E-state index is -3.74. The predicted molar refractivity (Wildman–Crippen MR) is 123 cm³/mol. The van der Waals surface area contributed by atoms with Gasteiger partial charge in [0.15, 0.2) is 0 Å². The summed E-state index contributed by atoms with van der Waals surface area (Å²) in [6.07, 6.45) is 1.62. The van der Waals surface area contributed by atoms with Crippen LogP contribution in [-0.4, -0.2) is 65.1 Å². The molecule has 2 aromatic heterocycles. The summed E-state index contributed by atoms with van der Waals surface area (Å²) in [6, 6.07) is 10.4. The van der Waals surface area contributed by atoms with Gasteiger partial charge in [-0.3, -0.25) is 14.0 Å². The van der Waals surface area contributed by atoms with Crippen molar-refractivity contribution in [1.29, 1.82) is 0 Å². The summed E-state index contributed by atoms with van der Waals surface area (Å²) in [6.45, 7) is 4.19. The van der Waals surface area contributed by atoms with E-state index < -0.39 is 16.0 Å². The van der Waals surface area contributed by atoms with E-state index in [1.165, 1.54) is 46.0 Å². The van der Waals surface area contributed by atoms with E-state index in [1.54, 1.807) is 17.2 Å². The maximum absolute atomic E-state index is 12.9. The highest BCUT2D eigenvalue weighted by Gasteiger charge is 2.29. The number of fused-ring (bicyclic) bond motifs is 1. The molecule has 0 spiro atoms. The van der Waals surface area contributed by atoms with Crippen LogP contribution >= 0.6 is 0 Å². The van der Waals surface area contributed by atoms with E-state index in [9.17, 15) is 22.8 Å². The lowest BCUT2D eigenvalue weighted by molar-refractivity contribution is -0.129. The molecule has 0 unspecified atom stereocenters. The van der Waals surface area contributed by atoms with Gasteiger partial charge in [-0.25, -0.2) is 18.2 Å². The lowest BCUT2D eigenvalue weighted by Gasteiger charge is -2.33. The lowest BCUT2D eigenvalue weighted by Crippen LogP contribution is -2.49. The first-order valence-corrected chi connectivity index (χ1v) is 12.1. The van der Waals surface area contributed by atoms with E-state index >= 15 is 0 Å². The van der Waals surface area contributed by atoms with Crippen LogP contribution in [0.3, 0.4) is 0 Å². The second kappa shape index (κ2) is 9.35. The van der Waals surface area contributed by atoms with Crippen LogP contribution < -0.4 is 5.56 Å². The maximum Gasteiger partial charge on any atom is 0.338 e. The van der Waals surface area contributed by atoms with Crippen molar-refractivity contribution >= 4 is 27.5 Å². The van der Waals surface area contributed by atoms with Crippen LogP contribution in [0.25, 0.3) is 5.65 Å². The lowest BCUT2D eigenvalue weighted by atomic mass is 10.2. The highest BCUT2D eigenvalue weighted by molar-refractivity contribution is 7.89. The predicted octanol–water partition coefficient (Wildman–Crippen LogP) is 1.21. The number of hydrogen-bond donors (Lipinski definition) is 0. The van der Waals surface area contributed by atoms with Gasteiger partial charge in [0.2, 0.25) is 15.9 Å². The number of rotatable bonds is 5. The van der Waals surface area contributed by atoms with Crippen LogP contribution in [-0.2, 0) is 26.2 Å². The number of sulfonamides is 1. The number of hydrogen-bond acceptors (Lipinski definition) is 7. The Morgan fingerprint density at radius 2 is 1.74 bits per heavy atom. The normalized spacial score (nSPS) is 14.8. The maximum atomic E-state index is 12.9. The second-order valence-corrected chi connectivity index (χ2v) is 9.92. The van der Waals surface area contributed by atoms with Gasteiger partial charge >= 0.3 is 5.97 Å². The summed E-state index contributed by atoms with van der Waals surface area (Å²) in [4.78, 5) is 42.3. The fourth-order valence-corrected chi connectivity index (χ4v) is 5.18. The molecular weight excluding hydrogens is 460 g/mol. The number of nitrogens with zero attached hydrogens (tertiary/aromatic N) is 4. The van der Waals surface area contributed by atoms with Crippen LogP contribution in [0.5, 0.6) is 0 Å². The van der Waals surface area contributed by atoms with Gasteiger partial charge < -0.3 is 9.64 Å². The van der Waals surface area contributed by atoms with E-state index in [0.29, 0.717) is 24.4 Å². The summed E-state index contributed by atoms with van der Waals surface area (Å²) in [5.41, 5.74) is 1.51. The van der Waals surface area contributed by atoms with Crippen molar-refractivity contribution in [1.82, 2.24) is 18.6 Å². The molecule has 10 nitrogen and oxygen atoms in total. The van der Waals surface area contributed by atoms with Gasteiger partial charge in [0.05, 0.1) is 16.2 Å². The Hall–Kier alpha value is -3.57. The van der Waals surface area contributed by atoms with E-state index in [2.05, 4.69) is 4.98 Å². The molecule has 0 radical (unpaired) electrons. The Bertz CT molecular complexity index is 1410. The standard InChI is InChI=1S/C23H24N4O6S/c1-16-4-3-9-27-21(29)14-19(24-22(16)27)15-33-23(30)18-5-7-20(8-6-18)34(31,32)26-12-10-25(11-13-26)17(2)28/h3-9,14H,10-13,15H2,1-2H3. The second-order valence-electron chi connectivity index (χ2n) is 7.98. The van der Waals surface area contributed by atoms with Gasteiger partial charge in [0, 0.05) is 45.4 Å². The summed E-state index contributed by atoms with van der Waals surface area (Å²) in [5.74, 6) is -0.745. The summed E-state index contributed by atoms with van der Waals surface area (Å²) < 4.78 is 33.8. The largest absolute Gasteiger partial charge is 0.456 e. The van der Waals surface area contributed by atoms with Crippen molar-refractivity contribution in [3.63, 3.8) is 0 Å². The van der Waals surface area contributed by atoms with Gasteiger partial charge in [0.1, 0.15) is 12.3 Å². The third kappa shape index (κ3) is 4.70. The number of pyridine rings is 1. The smallest absolute Gasteiger partial charge is 0.338 e. The number of carbonyl (C=O) groups is 2. The van der Waals surface area contributed by atoms with Gasteiger partial charge in [-0.05, 0) is 42.8 Å². The van der Waals surface area contributed by atoms with E-state index in [-0.39, 0.29) is 41.6 Å². The number of benzene rings is 1. The molecule has 0 bridgehead atoms. The third-order valence-electron chi connectivity index (χ3n) is 5.70. The molecule has 4 rings (SSSR count). The molecule has 178 valence electrons. The Balaban J connectivity index is 1.43. The van der Waals surface area contributed by atoms with Crippen molar-refractivity contribution in [3.8, 4) is 0 Å². The SMILES string of the molecule is CC(=O)N1CCN(S(=O)(=O)c2ccc(C(=O)OCc3cc(=O)n4cccc(C)c4n3)cc2)CC1. The van der Waals surface area contributed by atoms with Crippen molar-refractivity contribution in [3.05, 3.63) is 75.8 Å². The first-order valence-electron chi connectivity index (χ1n) is 10.7. The van der Waals surface area contributed by atoms with E-state index in [0.717, 1.165) is 5.56 Å². The van der Waals surface area contributed by atoms with Crippen LogP contribution in [0.2, 0.25) is 0 Å². The average Bonchev–Trinajstić information content (AvgIpc) is 2.83. The molecular formula is C23H24N4O6S.